The van der Waals surface area contributed by atoms with Crippen molar-refractivity contribution >= 4 is 11.3 Å². The van der Waals surface area contributed by atoms with E-state index in [0.29, 0.717) is 25.2 Å². The number of rotatable bonds is 5. The number of para-hydroxylation sites is 1. The van der Waals surface area contributed by atoms with Crippen LogP contribution in [0, 0.1) is 5.92 Å². The van der Waals surface area contributed by atoms with Crippen molar-refractivity contribution in [1.29, 1.82) is 0 Å². The molecule has 21 heavy (non-hydrogen) atoms. The Morgan fingerprint density at radius 2 is 2.00 bits per heavy atom. The Morgan fingerprint density at radius 3 is 2.76 bits per heavy atom. The number of thiophene rings is 1. The summed E-state index contributed by atoms with van der Waals surface area (Å²) in [7, 11) is 0. The molecule has 2 aromatic rings. The Balaban J connectivity index is 1.75. The molecule has 0 saturated carbocycles. The van der Waals surface area contributed by atoms with Crippen LogP contribution in [-0.2, 0) is 6.54 Å². The van der Waals surface area contributed by atoms with Gasteiger partial charge in [0.1, 0.15) is 13.2 Å². The van der Waals surface area contributed by atoms with Gasteiger partial charge in [-0.05, 0) is 23.4 Å². The van der Waals surface area contributed by atoms with Gasteiger partial charge in [0.25, 0.3) is 0 Å². The predicted molar refractivity (Wildman–Crippen MR) is 86.2 cm³/mol. The van der Waals surface area contributed by atoms with Crippen LogP contribution in [0.1, 0.15) is 30.3 Å². The van der Waals surface area contributed by atoms with Crippen LogP contribution < -0.4 is 14.8 Å². The largest absolute Gasteiger partial charge is 0.486 e. The van der Waals surface area contributed by atoms with Gasteiger partial charge < -0.3 is 14.8 Å². The highest BCUT2D eigenvalue weighted by molar-refractivity contribution is 7.10. The summed E-state index contributed by atoms with van der Waals surface area (Å²) in [6.45, 7) is 6.54. The van der Waals surface area contributed by atoms with E-state index in [1.807, 2.05) is 12.1 Å². The highest BCUT2D eigenvalue weighted by Crippen LogP contribution is 2.34. The van der Waals surface area contributed by atoms with E-state index in [2.05, 4.69) is 42.7 Å². The molecule has 1 aliphatic heterocycles. The Hall–Kier alpha value is -1.52. The number of nitrogens with one attached hydrogen (secondary N) is 1. The summed E-state index contributed by atoms with van der Waals surface area (Å²) in [5.74, 6) is 2.29. The fraction of sp³-hybridized carbons (Fsp3) is 0.412. The summed E-state index contributed by atoms with van der Waals surface area (Å²) >= 11 is 1.80. The quantitative estimate of drug-likeness (QED) is 0.905. The Morgan fingerprint density at radius 1 is 1.14 bits per heavy atom. The molecule has 0 fully saturated rings. The summed E-state index contributed by atoms with van der Waals surface area (Å²) in [4.78, 5) is 1.38. The fourth-order valence-corrected chi connectivity index (χ4v) is 3.60. The van der Waals surface area contributed by atoms with Crippen LogP contribution in [0.25, 0.3) is 0 Å². The summed E-state index contributed by atoms with van der Waals surface area (Å²) in [5, 5.41) is 5.80. The first kappa shape index (κ1) is 14.4. The number of benzene rings is 1. The van der Waals surface area contributed by atoms with Crippen molar-refractivity contribution in [2.45, 2.75) is 26.4 Å². The first-order valence-corrected chi connectivity index (χ1v) is 8.28. The molecule has 1 aromatic carbocycles. The highest BCUT2D eigenvalue weighted by Gasteiger charge is 2.19. The third-order valence-corrected chi connectivity index (χ3v) is 4.63. The van der Waals surface area contributed by atoms with Crippen molar-refractivity contribution in [3.05, 3.63) is 46.2 Å². The van der Waals surface area contributed by atoms with Crippen LogP contribution in [0.4, 0.5) is 0 Å². The van der Waals surface area contributed by atoms with Gasteiger partial charge >= 0.3 is 0 Å². The molecular formula is C17H21NO2S. The molecule has 3 nitrogen and oxygen atoms in total. The normalized spacial score (nSPS) is 15.2. The summed E-state index contributed by atoms with van der Waals surface area (Å²) < 4.78 is 11.4. The van der Waals surface area contributed by atoms with Gasteiger partial charge in [-0.2, -0.15) is 0 Å². The van der Waals surface area contributed by atoms with E-state index in [1.165, 1.54) is 4.88 Å². The van der Waals surface area contributed by atoms with Crippen molar-refractivity contribution in [3.8, 4) is 11.5 Å². The van der Waals surface area contributed by atoms with Gasteiger partial charge in [0.15, 0.2) is 11.5 Å². The number of hydrogen-bond acceptors (Lipinski definition) is 4. The number of hydrogen-bond donors (Lipinski definition) is 1. The molecule has 1 aromatic heterocycles. The highest BCUT2D eigenvalue weighted by atomic mass is 32.1. The van der Waals surface area contributed by atoms with Gasteiger partial charge in [0.05, 0.1) is 0 Å². The number of fused-ring (bicyclic) bond motifs is 1. The molecule has 0 spiro atoms. The lowest BCUT2D eigenvalue weighted by Crippen LogP contribution is -2.25. The van der Waals surface area contributed by atoms with E-state index < -0.39 is 0 Å². The molecule has 0 amide bonds. The smallest absolute Gasteiger partial charge is 0.165 e. The summed E-state index contributed by atoms with van der Waals surface area (Å²) in [6.07, 6.45) is 0. The topological polar surface area (TPSA) is 30.5 Å². The van der Waals surface area contributed by atoms with E-state index in [-0.39, 0.29) is 0 Å². The first-order valence-electron chi connectivity index (χ1n) is 7.40. The Kier molecular flexibility index (Phi) is 4.46. The molecule has 1 aliphatic rings. The second-order valence-electron chi connectivity index (χ2n) is 5.56. The van der Waals surface area contributed by atoms with Gasteiger partial charge in [-0.25, -0.2) is 0 Å². The fourth-order valence-electron chi connectivity index (χ4n) is 2.63. The van der Waals surface area contributed by atoms with Crippen LogP contribution in [0.5, 0.6) is 11.5 Å². The molecule has 1 unspecified atom stereocenters. The third kappa shape index (κ3) is 3.22. The molecule has 0 saturated heterocycles. The average Bonchev–Trinajstić information content (AvgIpc) is 3.01. The minimum absolute atomic E-state index is 0.366. The second-order valence-corrected chi connectivity index (χ2v) is 6.54. The third-order valence-electron chi connectivity index (χ3n) is 3.68. The monoisotopic (exact) mass is 303 g/mol. The van der Waals surface area contributed by atoms with Crippen molar-refractivity contribution in [3.63, 3.8) is 0 Å². The summed E-state index contributed by atoms with van der Waals surface area (Å²) in [6, 6.07) is 10.8. The lowest BCUT2D eigenvalue weighted by molar-refractivity contribution is 0.169. The van der Waals surface area contributed by atoms with Gasteiger partial charge in [0, 0.05) is 23.0 Å². The van der Waals surface area contributed by atoms with Gasteiger partial charge in [-0.1, -0.05) is 32.0 Å². The van der Waals surface area contributed by atoms with Crippen LogP contribution in [-0.4, -0.2) is 13.2 Å². The zero-order valence-corrected chi connectivity index (χ0v) is 13.3. The van der Waals surface area contributed by atoms with E-state index in [4.69, 9.17) is 9.47 Å². The van der Waals surface area contributed by atoms with Crippen molar-refractivity contribution in [2.24, 2.45) is 5.92 Å². The molecule has 1 N–H and O–H groups in total. The molecule has 3 rings (SSSR count). The summed E-state index contributed by atoms with van der Waals surface area (Å²) in [5.41, 5.74) is 1.16. The van der Waals surface area contributed by atoms with Crippen LogP contribution in [0.2, 0.25) is 0 Å². The van der Waals surface area contributed by atoms with E-state index >= 15 is 0 Å². The molecule has 0 radical (unpaired) electrons. The first-order chi connectivity index (χ1) is 10.3. The lowest BCUT2D eigenvalue weighted by Gasteiger charge is -2.24. The van der Waals surface area contributed by atoms with Crippen LogP contribution >= 0.6 is 11.3 Å². The lowest BCUT2D eigenvalue weighted by atomic mass is 10.0. The molecule has 0 aliphatic carbocycles. The van der Waals surface area contributed by atoms with Gasteiger partial charge in [-0.3, -0.25) is 0 Å². The van der Waals surface area contributed by atoms with Crippen molar-refractivity contribution in [2.75, 3.05) is 13.2 Å². The predicted octanol–water partition coefficient (Wildman–Crippen LogP) is 4.01. The van der Waals surface area contributed by atoms with E-state index in [0.717, 1.165) is 23.6 Å². The Bertz CT molecular complexity index is 580. The van der Waals surface area contributed by atoms with Crippen molar-refractivity contribution < 1.29 is 9.47 Å². The number of ether oxygens (including phenoxy) is 2. The standard InChI is InChI=1S/C17H21NO2S/c1-12(2)16(15-7-4-10-21-15)18-11-13-5-3-6-14-17(13)20-9-8-19-14/h3-7,10,12,16,18H,8-9,11H2,1-2H3. The van der Waals surface area contributed by atoms with E-state index in [1.54, 1.807) is 11.3 Å². The van der Waals surface area contributed by atoms with Gasteiger partial charge in [-0.15, -0.1) is 11.3 Å². The molecule has 0 bridgehead atoms. The zero-order chi connectivity index (χ0) is 14.7. The van der Waals surface area contributed by atoms with Crippen molar-refractivity contribution in [1.82, 2.24) is 5.32 Å². The molecule has 2 heterocycles. The molecular weight excluding hydrogens is 282 g/mol. The zero-order valence-electron chi connectivity index (χ0n) is 12.5. The maximum atomic E-state index is 5.78. The molecule has 1 atom stereocenters. The average molecular weight is 303 g/mol. The van der Waals surface area contributed by atoms with Crippen LogP contribution in [0.15, 0.2) is 35.7 Å². The van der Waals surface area contributed by atoms with E-state index in [9.17, 15) is 0 Å². The second kappa shape index (κ2) is 6.50. The Labute approximate surface area is 129 Å². The van der Waals surface area contributed by atoms with Gasteiger partial charge in [0.2, 0.25) is 0 Å². The maximum absolute atomic E-state index is 5.78. The molecule has 112 valence electrons. The van der Waals surface area contributed by atoms with Crippen LogP contribution in [0.3, 0.4) is 0 Å². The molecule has 4 heteroatoms. The minimum Gasteiger partial charge on any atom is -0.486 e. The maximum Gasteiger partial charge on any atom is 0.165 e. The minimum atomic E-state index is 0.366. The SMILES string of the molecule is CC(C)C(NCc1cccc2c1OCCO2)c1cccs1.